The van der Waals surface area contributed by atoms with Crippen molar-refractivity contribution in [2.45, 2.75) is 18.2 Å². The van der Waals surface area contributed by atoms with E-state index in [1.807, 2.05) is 18.9 Å². The first-order valence-corrected chi connectivity index (χ1v) is 10.1. The van der Waals surface area contributed by atoms with Gasteiger partial charge in [-0.2, -0.15) is 5.10 Å². The molecule has 3 rings (SSSR count). The van der Waals surface area contributed by atoms with E-state index in [4.69, 9.17) is 21.1 Å². The Bertz CT molecular complexity index is 843. The Morgan fingerprint density at radius 1 is 1.22 bits per heavy atom. The third-order valence-electron chi connectivity index (χ3n) is 4.07. The molecular formula is C17H18ClN3O4S2. The Balaban J connectivity index is 2.03. The van der Waals surface area contributed by atoms with E-state index in [1.165, 1.54) is 30.6 Å². The van der Waals surface area contributed by atoms with Crippen molar-refractivity contribution in [2.24, 2.45) is 5.10 Å². The zero-order chi connectivity index (χ0) is 19.8. The molecule has 27 heavy (non-hydrogen) atoms. The predicted octanol–water partition coefficient (Wildman–Crippen LogP) is 3.46. The van der Waals surface area contributed by atoms with Gasteiger partial charge in [0, 0.05) is 17.8 Å². The highest BCUT2D eigenvalue weighted by Gasteiger charge is 2.56. The van der Waals surface area contributed by atoms with Gasteiger partial charge in [0.25, 0.3) is 0 Å². The number of halogens is 1. The second kappa shape index (κ2) is 7.65. The molecule has 0 amide bonds. The molecule has 2 aliphatic rings. The molecule has 7 nitrogen and oxygen atoms in total. The minimum atomic E-state index is -0.885. The number of thioether (sulfide) groups is 2. The van der Waals surface area contributed by atoms with Gasteiger partial charge >= 0.3 is 11.9 Å². The van der Waals surface area contributed by atoms with Gasteiger partial charge in [-0.05, 0) is 49.9 Å². The maximum absolute atomic E-state index is 12.4. The number of allylic oxidation sites excluding steroid dienone is 1. The van der Waals surface area contributed by atoms with Crippen molar-refractivity contribution in [3.63, 3.8) is 0 Å². The normalized spacial score (nSPS) is 21.7. The van der Waals surface area contributed by atoms with Gasteiger partial charge in [-0.25, -0.2) is 14.6 Å². The standard InChI is InChI=1S/C17H18ClN3O4S2/c1-5-25-15(22)13-10(2)20(3)17(26-13)21(12-8-6-11(18)7-9-12)19-14(27-17)16(23)24-4/h6-9H,5H2,1-4H3. The molecule has 0 fully saturated rings. The number of hydrogen-bond donors (Lipinski definition) is 0. The number of methoxy groups -OCH3 is 1. The van der Waals surface area contributed by atoms with Crippen LogP contribution >= 0.6 is 35.1 Å². The summed E-state index contributed by atoms with van der Waals surface area (Å²) in [6.45, 7) is 3.88. The lowest BCUT2D eigenvalue weighted by Crippen LogP contribution is -2.47. The molecule has 1 aromatic rings. The smallest absolute Gasteiger partial charge is 0.365 e. The fourth-order valence-electron chi connectivity index (χ4n) is 2.62. The number of carbonyl (C=O) groups is 2. The molecule has 0 bridgehead atoms. The van der Waals surface area contributed by atoms with Crippen molar-refractivity contribution in [1.82, 2.24) is 4.90 Å². The molecule has 0 saturated heterocycles. The topological polar surface area (TPSA) is 71.4 Å². The zero-order valence-corrected chi connectivity index (χ0v) is 17.6. The number of anilines is 1. The summed E-state index contributed by atoms with van der Waals surface area (Å²) in [6.07, 6.45) is 0. The Kier molecular flexibility index (Phi) is 5.64. The average molecular weight is 428 g/mol. The number of rotatable bonds is 4. The van der Waals surface area contributed by atoms with E-state index in [9.17, 15) is 9.59 Å². The molecule has 0 aliphatic carbocycles. The zero-order valence-electron chi connectivity index (χ0n) is 15.2. The largest absolute Gasteiger partial charge is 0.464 e. The molecule has 1 aromatic carbocycles. The summed E-state index contributed by atoms with van der Waals surface area (Å²) in [4.78, 5) is 26.9. The highest BCUT2D eigenvalue weighted by atomic mass is 35.5. The third-order valence-corrected chi connectivity index (χ3v) is 7.36. The van der Waals surface area contributed by atoms with Gasteiger partial charge in [-0.15, -0.1) is 0 Å². The molecule has 2 heterocycles. The second-order valence-corrected chi connectivity index (χ2v) is 8.67. The Morgan fingerprint density at radius 2 is 1.89 bits per heavy atom. The summed E-state index contributed by atoms with van der Waals surface area (Å²) < 4.78 is 9.14. The average Bonchev–Trinajstić information content (AvgIpc) is 3.16. The van der Waals surface area contributed by atoms with E-state index in [2.05, 4.69) is 5.10 Å². The highest BCUT2D eigenvalue weighted by Crippen LogP contribution is 2.58. The molecule has 0 radical (unpaired) electrons. The number of nitrogens with zero attached hydrogens (tertiary/aromatic N) is 3. The van der Waals surface area contributed by atoms with E-state index in [1.54, 1.807) is 36.2 Å². The van der Waals surface area contributed by atoms with Crippen LogP contribution < -0.4 is 5.01 Å². The van der Waals surface area contributed by atoms with Gasteiger partial charge in [0.1, 0.15) is 4.91 Å². The Hall–Kier alpha value is -1.84. The molecule has 0 saturated carbocycles. The number of hydrogen-bond acceptors (Lipinski definition) is 9. The summed E-state index contributed by atoms with van der Waals surface area (Å²) in [6, 6.07) is 7.10. The summed E-state index contributed by atoms with van der Waals surface area (Å²) in [7, 11) is 3.16. The van der Waals surface area contributed by atoms with Crippen molar-refractivity contribution in [2.75, 3.05) is 25.8 Å². The maximum Gasteiger partial charge on any atom is 0.365 e. The van der Waals surface area contributed by atoms with Gasteiger partial charge in [-0.3, -0.25) is 0 Å². The first-order valence-electron chi connectivity index (χ1n) is 8.06. The lowest BCUT2D eigenvalue weighted by Gasteiger charge is -2.39. The number of hydrazone groups is 1. The van der Waals surface area contributed by atoms with Crippen molar-refractivity contribution in [3.8, 4) is 0 Å². The van der Waals surface area contributed by atoms with Crippen molar-refractivity contribution in [1.29, 1.82) is 0 Å². The van der Waals surface area contributed by atoms with Crippen LogP contribution in [0.15, 0.2) is 40.0 Å². The van der Waals surface area contributed by atoms with Gasteiger partial charge in [0.05, 0.1) is 19.4 Å². The number of esters is 2. The van der Waals surface area contributed by atoms with Gasteiger partial charge in [0.15, 0.2) is 0 Å². The highest BCUT2D eigenvalue weighted by molar-refractivity contribution is 8.28. The SMILES string of the molecule is CCOC(=O)C1=C(C)N(C)C2(SC(C(=O)OC)=NN2c2ccc(Cl)cc2)S1. The molecular weight excluding hydrogens is 410 g/mol. The number of carbonyl (C=O) groups excluding carboxylic acids is 2. The van der Waals surface area contributed by atoms with E-state index in [0.29, 0.717) is 9.93 Å². The van der Waals surface area contributed by atoms with Crippen molar-refractivity contribution in [3.05, 3.63) is 39.9 Å². The monoisotopic (exact) mass is 427 g/mol. The van der Waals surface area contributed by atoms with Crippen molar-refractivity contribution >= 4 is 57.8 Å². The minimum absolute atomic E-state index is 0.199. The first kappa shape index (κ1) is 19.9. The maximum atomic E-state index is 12.4. The van der Waals surface area contributed by atoms with Crippen LogP contribution in [-0.4, -0.2) is 47.0 Å². The number of benzene rings is 1. The van der Waals surface area contributed by atoms with Crippen LogP contribution in [0.1, 0.15) is 13.8 Å². The van der Waals surface area contributed by atoms with E-state index < -0.39 is 16.3 Å². The molecule has 0 aromatic heterocycles. The molecule has 10 heteroatoms. The van der Waals surface area contributed by atoms with Crippen LogP contribution in [0.2, 0.25) is 5.02 Å². The molecule has 2 aliphatic heterocycles. The van der Waals surface area contributed by atoms with Crippen LogP contribution in [-0.2, 0) is 19.1 Å². The Morgan fingerprint density at radius 3 is 2.48 bits per heavy atom. The van der Waals surface area contributed by atoms with Gasteiger partial charge < -0.3 is 14.4 Å². The van der Waals surface area contributed by atoms with Gasteiger partial charge in [0.2, 0.25) is 9.37 Å². The third kappa shape index (κ3) is 3.39. The van der Waals surface area contributed by atoms with E-state index in [0.717, 1.165) is 11.4 Å². The lowest BCUT2D eigenvalue weighted by molar-refractivity contribution is -0.137. The predicted molar refractivity (Wildman–Crippen MR) is 108 cm³/mol. The lowest BCUT2D eigenvalue weighted by atomic mass is 10.3. The summed E-state index contributed by atoms with van der Waals surface area (Å²) >= 11 is 8.51. The quantitative estimate of drug-likeness (QED) is 0.676. The fourth-order valence-corrected chi connectivity index (χ4v) is 5.64. The van der Waals surface area contributed by atoms with Crippen LogP contribution in [0.5, 0.6) is 0 Å². The fraction of sp³-hybridized carbons (Fsp3) is 0.353. The van der Waals surface area contributed by atoms with Gasteiger partial charge in [-0.1, -0.05) is 23.4 Å². The van der Waals surface area contributed by atoms with E-state index >= 15 is 0 Å². The number of ether oxygens (including phenoxy) is 2. The summed E-state index contributed by atoms with van der Waals surface area (Å²) in [5, 5.41) is 6.96. The van der Waals surface area contributed by atoms with Crippen LogP contribution in [0.3, 0.4) is 0 Å². The van der Waals surface area contributed by atoms with Crippen molar-refractivity contribution < 1.29 is 19.1 Å². The molecule has 1 spiro atoms. The first-order chi connectivity index (χ1) is 12.8. The van der Waals surface area contributed by atoms with Crippen LogP contribution in [0.25, 0.3) is 0 Å². The molecule has 144 valence electrons. The Labute approximate surface area is 170 Å². The van der Waals surface area contributed by atoms with Crippen LogP contribution in [0.4, 0.5) is 5.69 Å². The van der Waals surface area contributed by atoms with E-state index in [-0.39, 0.29) is 11.7 Å². The molecule has 1 unspecified atom stereocenters. The molecule has 1 atom stereocenters. The second-order valence-electron chi connectivity index (χ2n) is 5.63. The summed E-state index contributed by atoms with van der Waals surface area (Å²) in [5.41, 5.74) is 1.47. The van der Waals surface area contributed by atoms with Crippen LogP contribution in [0, 0.1) is 0 Å². The summed E-state index contributed by atoms with van der Waals surface area (Å²) in [5.74, 6) is -0.932. The molecule has 0 N–H and O–H groups in total. The minimum Gasteiger partial charge on any atom is -0.464 e.